The summed E-state index contributed by atoms with van der Waals surface area (Å²) in [5, 5.41) is 9.31. The van der Waals surface area contributed by atoms with Crippen LogP contribution in [0.3, 0.4) is 0 Å². The van der Waals surface area contributed by atoms with Gasteiger partial charge in [0.2, 0.25) is 0 Å². The number of phenols is 1. The molecule has 4 heteroatoms. The lowest BCUT2D eigenvalue weighted by Gasteiger charge is -2.08. The Hall–Kier alpha value is -2.33. The SMILES string of the molecule is Oc1c(F)cc([S+](c2ccccc2)c2ccccc2)cc1F. The highest BCUT2D eigenvalue weighted by molar-refractivity contribution is 7.97. The van der Waals surface area contributed by atoms with Crippen molar-refractivity contribution < 1.29 is 13.9 Å². The first kappa shape index (κ1) is 14.6. The molecule has 0 atom stereocenters. The van der Waals surface area contributed by atoms with Gasteiger partial charge in [0.15, 0.2) is 32.1 Å². The van der Waals surface area contributed by atoms with E-state index < -0.39 is 28.3 Å². The van der Waals surface area contributed by atoms with Gasteiger partial charge in [-0.25, -0.2) is 8.78 Å². The van der Waals surface area contributed by atoms with Gasteiger partial charge in [0.05, 0.1) is 10.9 Å². The van der Waals surface area contributed by atoms with E-state index in [0.717, 1.165) is 9.79 Å². The summed E-state index contributed by atoms with van der Waals surface area (Å²) >= 11 is 0. The molecule has 0 fully saturated rings. The summed E-state index contributed by atoms with van der Waals surface area (Å²) in [7, 11) is -0.635. The van der Waals surface area contributed by atoms with Crippen LogP contribution in [-0.4, -0.2) is 5.11 Å². The first-order chi connectivity index (χ1) is 10.7. The van der Waals surface area contributed by atoms with Gasteiger partial charge >= 0.3 is 0 Å². The first-order valence-corrected chi connectivity index (χ1v) is 7.91. The van der Waals surface area contributed by atoms with Gasteiger partial charge in [-0.2, -0.15) is 0 Å². The topological polar surface area (TPSA) is 20.2 Å². The quantitative estimate of drug-likeness (QED) is 0.691. The van der Waals surface area contributed by atoms with Crippen LogP contribution in [0.4, 0.5) is 8.78 Å². The van der Waals surface area contributed by atoms with Crippen LogP contribution in [-0.2, 0) is 10.9 Å². The van der Waals surface area contributed by atoms with Crippen molar-refractivity contribution in [2.45, 2.75) is 14.7 Å². The largest absolute Gasteiger partial charge is 0.503 e. The van der Waals surface area contributed by atoms with Crippen molar-refractivity contribution >= 4 is 10.9 Å². The number of phenolic OH excluding ortho intramolecular Hbond substituents is 1. The molecular formula is C18H13F2OS+. The molecule has 0 radical (unpaired) electrons. The Kier molecular flexibility index (Phi) is 4.11. The highest BCUT2D eigenvalue weighted by Crippen LogP contribution is 2.34. The summed E-state index contributed by atoms with van der Waals surface area (Å²) in [6.45, 7) is 0. The van der Waals surface area contributed by atoms with Gasteiger partial charge in [-0.15, -0.1) is 0 Å². The minimum absolute atomic E-state index is 0.491. The van der Waals surface area contributed by atoms with E-state index >= 15 is 0 Å². The van der Waals surface area contributed by atoms with Gasteiger partial charge < -0.3 is 5.11 Å². The van der Waals surface area contributed by atoms with E-state index in [9.17, 15) is 13.9 Å². The average molecular weight is 315 g/mol. The van der Waals surface area contributed by atoms with Crippen molar-refractivity contribution in [3.8, 4) is 5.75 Å². The zero-order valence-corrected chi connectivity index (χ0v) is 12.4. The van der Waals surface area contributed by atoms with E-state index in [1.165, 1.54) is 12.1 Å². The molecule has 0 spiro atoms. The number of aromatic hydroxyl groups is 1. The van der Waals surface area contributed by atoms with Crippen molar-refractivity contribution in [1.29, 1.82) is 0 Å². The Morgan fingerprint density at radius 2 is 1.05 bits per heavy atom. The molecule has 0 aliphatic carbocycles. The third-order valence-electron chi connectivity index (χ3n) is 3.18. The van der Waals surface area contributed by atoms with Crippen LogP contribution in [0.2, 0.25) is 0 Å². The van der Waals surface area contributed by atoms with E-state index in [1.54, 1.807) is 0 Å². The maximum Gasteiger partial charge on any atom is 0.188 e. The Balaban J connectivity index is 2.19. The minimum atomic E-state index is -0.945. The van der Waals surface area contributed by atoms with Crippen LogP contribution in [0, 0.1) is 11.6 Å². The highest BCUT2D eigenvalue weighted by atomic mass is 32.2. The predicted molar refractivity (Wildman–Crippen MR) is 83.1 cm³/mol. The molecule has 0 bridgehead atoms. The van der Waals surface area contributed by atoms with Crippen LogP contribution in [0.25, 0.3) is 0 Å². The molecular weight excluding hydrogens is 302 g/mol. The monoisotopic (exact) mass is 315 g/mol. The van der Waals surface area contributed by atoms with E-state index in [0.29, 0.717) is 4.90 Å². The van der Waals surface area contributed by atoms with E-state index in [2.05, 4.69) is 0 Å². The second-order valence-electron chi connectivity index (χ2n) is 4.67. The lowest BCUT2D eigenvalue weighted by Crippen LogP contribution is -2.05. The second-order valence-corrected chi connectivity index (χ2v) is 6.69. The second kappa shape index (κ2) is 6.20. The highest BCUT2D eigenvalue weighted by Gasteiger charge is 2.30. The first-order valence-electron chi connectivity index (χ1n) is 6.69. The van der Waals surface area contributed by atoms with Gasteiger partial charge in [-0.1, -0.05) is 36.4 Å². The predicted octanol–water partition coefficient (Wildman–Crippen LogP) is 4.77. The van der Waals surface area contributed by atoms with Gasteiger partial charge in [0, 0.05) is 12.1 Å². The van der Waals surface area contributed by atoms with Gasteiger partial charge in [0.25, 0.3) is 0 Å². The molecule has 1 N–H and O–H groups in total. The molecule has 22 heavy (non-hydrogen) atoms. The van der Waals surface area contributed by atoms with Crippen molar-refractivity contribution in [3.05, 3.63) is 84.4 Å². The molecule has 3 rings (SSSR count). The molecule has 3 aromatic carbocycles. The molecule has 0 aromatic heterocycles. The molecule has 110 valence electrons. The fraction of sp³-hybridized carbons (Fsp3) is 0. The van der Waals surface area contributed by atoms with Crippen LogP contribution in [0.5, 0.6) is 5.75 Å². The lowest BCUT2D eigenvalue weighted by atomic mass is 10.3. The van der Waals surface area contributed by atoms with E-state index in [-0.39, 0.29) is 0 Å². The summed E-state index contributed by atoms with van der Waals surface area (Å²) in [4.78, 5) is 2.40. The summed E-state index contributed by atoms with van der Waals surface area (Å²) in [6, 6.07) is 21.5. The van der Waals surface area contributed by atoms with Crippen LogP contribution < -0.4 is 0 Å². The summed E-state index contributed by atoms with van der Waals surface area (Å²) < 4.78 is 27.5. The fourth-order valence-corrected chi connectivity index (χ4v) is 4.30. The van der Waals surface area contributed by atoms with Crippen molar-refractivity contribution in [1.82, 2.24) is 0 Å². The molecule has 0 saturated carbocycles. The minimum Gasteiger partial charge on any atom is -0.503 e. The third kappa shape index (κ3) is 2.83. The maximum atomic E-state index is 13.7. The molecule has 0 saturated heterocycles. The summed E-state index contributed by atoms with van der Waals surface area (Å²) in [5.74, 6) is -2.83. The Bertz CT molecular complexity index is 713. The Morgan fingerprint density at radius 1 is 0.636 bits per heavy atom. The molecule has 0 unspecified atom stereocenters. The molecule has 0 heterocycles. The van der Waals surface area contributed by atoms with Crippen LogP contribution in [0.1, 0.15) is 0 Å². The van der Waals surface area contributed by atoms with E-state index in [1.807, 2.05) is 60.7 Å². The summed E-state index contributed by atoms with van der Waals surface area (Å²) in [5.41, 5.74) is 0. The smallest absolute Gasteiger partial charge is 0.188 e. The van der Waals surface area contributed by atoms with Gasteiger partial charge in [-0.3, -0.25) is 0 Å². The van der Waals surface area contributed by atoms with Crippen molar-refractivity contribution in [2.75, 3.05) is 0 Å². The van der Waals surface area contributed by atoms with Crippen LogP contribution in [0.15, 0.2) is 87.5 Å². The number of halogens is 2. The fourth-order valence-electron chi connectivity index (χ4n) is 2.18. The van der Waals surface area contributed by atoms with Crippen molar-refractivity contribution in [2.24, 2.45) is 0 Å². The number of rotatable bonds is 3. The lowest BCUT2D eigenvalue weighted by molar-refractivity contribution is 0.394. The maximum absolute atomic E-state index is 13.7. The normalized spacial score (nSPS) is 10.9. The number of hydrogen-bond acceptors (Lipinski definition) is 1. The molecule has 0 amide bonds. The van der Waals surface area contributed by atoms with Crippen LogP contribution >= 0.6 is 0 Å². The zero-order chi connectivity index (χ0) is 15.5. The Labute approximate surface area is 130 Å². The standard InChI is InChI=1S/C18H12F2OS/c19-16-11-15(12-17(20)18(16)21)22(13-7-3-1-4-8-13)14-9-5-2-6-10-14/h1-12H/p+1. The number of hydrogen-bond donors (Lipinski definition) is 1. The Morgan fingerprint density at radius 3 is 1.45 bits per heavy atom. The third-order valence-corrected chi connectivity index (χ3v) is 5.38. The van der Waals surface area contributed by atoms with Gasteiger partial charge in [0.1, 0.15) is 0 Å². The average Bonchev–Trinajstić information content (AvgIpc) is 2.55. The van der Waals surface area contributed by atoms with E-state index in [4.69, 9.17) is 0 Å². The number of benzene rings is 3. The van der Waals surface area contributed by atoms with Gasteiger partial charge in [-0.05, 0) is 24.3 Å². The molecule has 3 aromatic rings. The summed E-state index contributed by atoms with van der Waals surface area (Å²) in [6.07, 6.45) is 0. The molecule has 0 aliphatic rings. The molecule has 1 nitrogen and oxygen atoms in total. The van der Waals surface area contributed by atoms with Crippen molar-refractivity contribution in [3.63, 3.8) is 0 Å². The molecule has 0 aliphatic heterocycles. The zero-order valence-electron chi connectivity index (χ0n) is 11.5.